The first-order valence-corrected chi connectivity index (χ1v) is 19.4. The number of carbonyl (C=O) groups is 2. The second-order valence-corrected chi connectivity index (χ2v) is 15.7. The molecule has 0 bridgehead atoms. The Bertz CT molecular complexity index is 1900. The molecule has 1 aromatic heterocycles. The van der Waals surface area contributed by atoms with Crippen LogP contribution in [0.25, 0.3) is 0 Å². The number of pyridine rings is 1. The molecule has 294 valence electrons. The van der Waals surface area contributed by atoms with Crippen molar-refractivity contribution in [3.05, 3.63) is 77.0 Å². The third-order valence-corrected chi connectivity index (χ3v) is 11.8. The van der Waals surface area contributed by atoms with Crippen LogP contribution < -0.4 is 15.8 Å². The number of nitrogens with one attached hydrogen (secondary N) is 1. The molecule has 2 aliphatic rings. The van der Waals surface area contributed by atoms with E-state index >= 15 is 0 Å². The summed E-state index contributed by atoms with van der Waals surface area (Å²) in [6.07, 6.45) is -2.40. The minimum absolute atomic E-state index is 0.0323. The number of primary amides is 1. The number of carbonyl (C=O) groups excluding carboxylic acids is 2. The van der Waals surface area contributed by atoms with Crippen LogP contribution in [0, 0.1) is 24.5 Å². The van der Waals surface area contributed by atoms with Gasteiger partial charge in [-0.1, -0.05) is 19.4 Å². The van der Waals surface area contributed by atoms with E-state index in [2.05, 4.69) is 15.2 Å². The molecule has 0 spiro atoms. The lowest BCUT2D eigenvalue weighted by Crippen LogP contribution is -2.49. The minimum atomic E-state index is -4.34. The molecule has 0 saturated carbocycles. The van der Waals surface area contributed by atoms with Crippen molar-refractivity contribution in [2.75, 3.05) is 38.0 Å². The summed E-state index contributed by atoms with van der Waals surface area (Å²) >= 11 is 0. The van der Waals surface area contributed by atoms with Gasteiger partial charge in [-0.2, -0.15) is 17.5 Å². The summed E-state index contributed by atoms with van der Waals surface area (Å²) in [5, 5.41) is 2.57. The summed E-state index contributed by atoms with van der Waals surface area (Å²) in [4.78, 5) is 33.2. The Morgan fingerprint density at radius 1 is 0.963 bits per heavy atom. The fourth-order valence-electron chi connectivity index (χ4n) is 6.77. The highest BCUT2D eigenvalue weighted by molar-refractivity contribution is 7.89. The molecule has 3 N–H and O–H groups in total. The van der Waals surface area contributed by atoms with Crippen molar-refractivity contribution in [2.24, 2.45) is 11.7 Å². The number of likely N-dealkylation sites (tertiary alicyclic amines) is 1. The fraction of sp³-hybridized carbons (Fsp3) is 0.486. The molecule has 54 heavy (non-hydrogen) atoms. The van der Waals surface area contributed by atoms with Crippen LogP contribution in [0.2, 0.25) is 0 Å². The van der Waals surface area contributed by atoms with Crippen LogP contribution >= 0.6 is 0 Å². The topological polar surface area (TPSA) is 138 Å². The number of alkyl halides is 3. The first-order valence-electron chi connectivity index (χ1n) is 17.9. The second kappa shape index (κ2) is 17.4. The number of anilines is 1. The third kappa shape index (κ3) is 10.2. The maximum absolute atomic E-state index is 14.6. The quantitative estimate of drug-likeness (QED) is 0.183. The predicted molar refractivity (Wildman–Crippen MR) is 191 cm³/mol. The van der Waals surface area contributed by atoms with Crippen molar-refractivity contribution in [1.29, 1.82) is 0 Å². The van der Waals surface area contributed by atoms with Gasteiger partial charge in [0.05, 0.1) is 22.9 Å². The number of unbranched alkanes of at least 4 members (excludes halogenated alkanes) is 1. The number of piperidine rings is 2. The van der Waals surface area contributed by atoms with Gasteiger partial charge in [0.15, 0.2) is 0 Å². The summed E-state index contributed by atoms with van der Waals surface area (Å²) in [5.74, 6) is -3.51. The molecule has 0 atom stereocenters. The van der Waals surface area contributed by atoms with E-state index in [9.17, 15) is 40.0 Å². The van der Waals surface area contributed by atoms with Gasteiger partial charge in [-0.05, 0) is 80.5 Å². The van der Waals surface area contributed by atoms with Crippen molar-refractivity contribution in [3.63, 3.8) is 0 Å². The number of ether oxygens (including phenoxy) is 1. The normalized spacial score (nSPS) is 16.6. The lowest BCUT2D eigenvalue weighted by molar-refractivity contribution is -0.182. The molecule has 3 aromatic rings. The predicted octanol–water partition coefficient (Wildman–Crippen LogP) is 6.75. The Morgan fingerprint density at radius 3 is 2.22 bits per heavy atom. The molecule has 3 amide bonds. The monoisotopic (exact) mass is 780 g/mol. The highest BCUT2D eigenvalue weighted by Gasteiger charge is 2.43. The summed E-state index contributed by atoms with van der Waals surface area (Å²) in [5.41, 5.74) is 6.56. The standard InChI is InChI=1S/C37H45F5N6O5S/c1-3-4-15-48(36(50)45-33-20-26(21-34(43)49)31(38)22-32(33)39)28-13-16-46(17-14-28)23-25-5-10-35(44-24(25)2)53-29-6-8-30(9-7-29)54(51,52)47-18-11-27(12-19-47)37(40,41)42/h5-10,20,22,27-28H,3-4,11-19,21,23H2,1-2H3,(H2,43,49)(H,45,50). The van der Waals surface area contributed by atoms with Crippen LogP contribution in [0.3, 0.4) is 0 Å². The summed E-state index contributed by atoms with van der Waals surface area (Å²) in [6, 6.07) is 10.4. The minimum Gasteiger partial charge on any atom is -0.439 e. The Labute approximate surface area is 311 Å². The van der Waals surface area contributed by atoms with Crippen LogP contribution in [-0.4, -0.2) is 84.4 Å². The van der Waals surface area contributed by atoms with Gasteiger partial charge < -0.3 is 20.7 Å². The maximum Gasteiger partial charge on any atom is 0.391 e. The van der Waals surface area contributed by atoms with Crippen molar-refractivity contribution in [1.82, 2.24) is 19.1 Å². The van der Waals surface area contributed by atoms with Crippen LogP contribution in [0.15, 0.2) is 53.4 Å². The van der Waals surface area contributed by atoms with Gasteiger partial charge in [0.25, 0.3) is 0 Å². The van der Waals surface area contributed by atoms with Crippen LogP contribution in [0.4, 0.5) is 32.4 Å². The molecule has 2 fully saturated rings. The van der Waals surface area contributed by atoms with Gasteiger partial charge >= 0.3 is 12.2 Å². The van der Waals surface area contributed by atoms with Gasteiger partial charge in [0.2, 0.25) is 21.8 Å². The van der Waals surface area contributed by atoms with E-state index in [4.69, 9.17) is 10.5 Å². The number of hydrogen-bond acceptors (Lipinski definition) is 7. The number of amides is 3. The van der Waals surface area contributed by atoms with Gasteiger partial charge in [-0.25, -0.2) is 27.0 Å². The van der Waals surface area contributed by atoms with Gasteiger partial charge in [0.1, 0.15) is 17.4 Å². The molecule has 5 rings (SSSR count). The van der Waals surface area contributed by atoms with Gasteiger partial charge in [0, 0.05) is 63.1 Å². The van der Waals surface area contributed by atoms with Crippen LogP contribution in [-0.2, 0) is 27.8 Å². The van der Waals surface area contributed by atoms with Gasteiger partial charge in [-0.3, -0.25) is 9.69 Å². The molecule has 2 aliphatic heterocycles. The smallest absolute Gasteiger partial charge is 0.391 e. The molecule has 17 heteroatoms. The molecule has 0 aliphatic carbocycles. The molecule has 2 saturated heterocycles. The summed E-state index contributed by atoms with van der Waals surface area (Å²) < 4.78 is 101. The van der Waals surface area contributed by atoms with Gasteiger partial charge in [-0.15, -0.1) is 0 Å². The zero-order valence-corrected chi connectivity index (χ0v) is 31.0. The number of sulfonamides is 1. The lowest BCUT2D eigenvalue weighted by Gasteiger charge is -2.38. The maximum atomic E-state index is 14.6. The average Bonchev–Trinajstić information content (AvgIpc) is 3.12. The van der Waals surface area contributed by atoms with Crippen LogP contribution in [0.5, 0.6) is 11.6 Å². The zero-order chi connectivity index (χ0) is 39.2. The van der Waals surface area contributed by atoms with E-state index < -0.39 is 52.1 Å². The van der Waals surface area contributed by atoms with E-state index in [0.29, 0.717) is 56.7 Å². The number of hydrogen-bond donors (Lipinski definition) is 2. The molecule has 0 radical (unpaired) electrons. The Balaban J connectivity index is 1.15. The van der Waals surface area contributed by atoms with Crippen molar-refractivity contribution >= 4 is 27.6 Å². The molecule has 0 unspecified atom stereocenters. The van der Waals surface area contributed by atoms with E-state index in [0.717, 1.165) is 34.5 Å². The number of rotatable bonds is 13. The van der Waals surface area contributed by atoms with Crippen LogP contribution in [0.1, 0.15) is 62.3 Å². The molecule has 11 nitrogen and oxygen atoms in total. The summed E-state index contributed by atoms with van der Waals surface area (Å²) in [6.45, 7) is 5.88. The Kier molecular flexibility index (Phi) is 13.2. The largest absolute Gasteiger partial charge is 0.439 e. The number of nitrogens with zero attached hydrogens (tertiary/aromatic N) is 4. The third-order valence-electron chi connectivity index (χ3n) is 9.92. The van der Waals surface area contributed by atoms with E-state index in [1.807, 2.05) is 19.9 Å². The Morgan fingerprint density at radius 2 is 1.63 bits per heavy atom. The summed E-state index contributed by atoms with van der Waals surface area (Å²) in [7, 11) is -3.96. The zero-order valence-electron chi connectivity index (χ0n) is 30.2. The molecular weight excluding hydrogens is 736 g/mol. The molecular formula is C37H45F5N6O5S. The first kappa shape index (κ1) is 40.8. The number of aromatic nitrogens is 1. The SMILES string of the molecule is CCCCN(C(=O)Nc1cc(CC(N)=O)c(F)cc1F)C1CCN(Cc2ccc(Oc3ccc(S(=O)(=O)N4CCC(C(F)(F)F)CC4)cc3)nc2C)CC1. The number of benzene rings is 2. The number of halogens is 5. The number of aryl methyl sites for hydroxylation is 1. The van der Waals surface area contributed by atoms with E-state index in [-0.39, 0.29) is 48.1 Å². The molecule has 2 aromatic carbocycles. The van der Waals surface area contributed by atoms with Crippen molar-refractivity contribution < 1.29 is 44.7 Å². The lowest BCUT2D eigenvalue weighted by atomic mass is 9.98. The fourth-order valence-corrected chi connectivity index (χ4v) is 8.24. The highest BCUT2D eigenvalue weighted by Crippen LogP contribution is 2.36. The second-order valence-electron chi connectivity index (χ2n) is 13.7. The highest BCUT2D eigenvalue weighted by atomic mass is 32.2. The van der Waals surface area contributed by atoms with E-state index in [1.54, 1.807) is 11.0 Å². The van der Waals surface area contributed by atoms with E-state index in [1.165, 1.54) is 24.3 Å². The average molecular weight is 781 g/mol. The Hall–Kier alpha value is -4.35. The van der Waals surface area contributed by atoms with Crippen molar-refractivity contribution in [2.45, 2.75) is 82.5 Å². The first-order chi connectivity index (χ1) is 25.5. The number of nitrogens with two attached hydrogens (primary N) is 1. The van der Waals surface area contributed by atoms with Crippen molar-refractivity contribution in [3.8, 4) is 11.6 Å². The number of urea groups is 1. The molecule has 3 heterocycles.